The van der Waals surface area contributed by atoms with Gasteiger partial charge in [-0.2, -0.15) is 0 Å². The highest BCUT2D eigenvalue weighted by Crippen LogP contribution is 2.18. The van der Waals surface area contributed by atoms with Gasteiger partial charge >= 0.3 is 0 Å². The molecule has 1 aromatic carbocycles. The maximum Gasteiger partial charge on any atom is 0.247 e. The van der Waals surface area contributed by atoms with Crippen LogP contribution in [0.5, 0.6) is 0 Å². The molecule has 0 radical (unpaired) electrons. The Morgan fingerprint density at radius 2 is 2.04 bits per heavy atom. The molecule has 124 valence electrons. The van der Waals surface area contributed by atoms with Gasteiger partial charge in [-0.3, -0.25) is 4.79 Å². The van der Waals surface area contributed by atoms with E-state index in [2.05, 4.69) is 46.6 Å². The number of piperidine rings is 1. The van der Waals surface area contributed by atoms with Crippen LogP contribution in [0.3, 0.4) is 0 Å². The normalized spacial score (nSPS) is 22.4. The molecule has 3 heteroatoms. The quantitative estimate of drug-likeness (QED) is 0.904. The Kier molecular flexibility index (Phi) is 5.87. The van der Waals surface area contributed by atoms with Gasteiger partial charge in [0.1, 0.15) is 0 Å². The highest BCUT2D eigenvalue weighted by atomic mass is 16.1. The van der Waals surface area contributed by atoms with E-state index in [4.69, 9.17) is 0 Å². The number of nitrogens with zero attached hydrogens (tertiary/aromatic N) is 1. The van der Waals surface area contributed by atoms with Crippen LogP contribution in [0.15, 0.2) is 42.0 Å². The predicted octanol–water partition coefficient (Wildman–Crippen LogP) is 3.31. The zero-order valence-corrected chi connectivity index (χ0v) is 14.0. The molecule has 0 aromatic heterocycles. The standard InChI is InChI=1S/C20H28N2O/c23-20(18-10-5-2-6-11-18)21-19-12-7-14-22(16-19)15-13-17-8-3-1-4-9-17/h1,3-4,8-10,19H,2,5-7,11-16H2,(H,21,23). The summed E-state index contributed by atoms with van der Waals surface area (Å²) in [6, 6.07) is 11.0. The van der Waals surface area contributed by atoms with Crippen molar-refractivity contribution in [2.45, 2.75) is 51.0 Å². The molecule has 1 aliphatic carbocycles. The number of carbonyl (C=O) groups excluding carboxylic acids is 1. The van der Waals surface area contributed by atoms with E-state index < -0.39 is 0 Å². The average Bonchev–Trinajstić information content (AvgIpc) is 2.62. The number of allylic oxidation sites excluding steroid dienone is 1. The number of carbonyl (C=O) groups is 1. The van der Waals surface area contributed by atoms with Crippen LogP contribution in [0.1, 0.15) is 44.1 Å². The summed E-state index contributed by atoms with van der Waals surface area (Å²) in [5.74, 6) is 0.180. The summed E-state index contributed by atoms with van der Waals surface area (Å²) >= 11 is 0. The van der Waals surface area contributed by atoms with Crippen molar-refractivity contribution in [1.29, 1.82) is 0 Å². The lowest BCUT2D eigenvalue weighted by Crippen LogP contribution is -2.48. The minimum atomic E-state index is 0.180. The third-order valence-electron chi connectivity index (χ3n) is 4.98. The van der Waals surface area contributed by atoms with E-state index in [9.17, 15) is 4.79 Å². The molecule has 3 nitrogen and oxygen atoms in total. The summed E-state index contributed by atoms with van der Waals surface area (Å²) in [7, 11) is 0. The summed E-state index contributed by atoms with van der Waals surface area (Å²) in [6.45, 7) is 3.23. The van der Waals surface area contributed by atoms with Crippen LogP contribution in [0, 0.1) is 0 Å². The Balaban J connectivity index is 1.46. The van der Waals surface area contributed by atoms with Crippen molar-refractivity contribution in [1.82, 2.24) is 10.2 Å². The predicted molar refractivity (Wildman–Crippen MR) is 94.3 cm³/mol. The minimum absolute atomic E-state index is 0.180. The molecule has 0 bridgehead atoms. The van der Waals surface area contributed by atoms with Gasteiger partial charge in [0, 0.05) is 24.7 Å². The fourth-order valence-corrected chi connectivity index (χ4v) is 3.63. The van der Waals surface area contributed by atoms with Gasteiger partial charge in [-0.1, -0.05) is 36.4 Å². The van der Waals surface area contributed by atoms with Crippen molar-refractivity contribution in [3.8, 4) is 0 Å². The molecular formula is C20H28N2O. The minimum Gasteiger partial charge on any atom is -0.348 e. The monoisotopic (exact) mass is 312 g/mol. The summed E-state index contributed by atoms with van der Waals surface area (Å²) in [5, 5.41) is 3.27. The molecule has 1 aromatic rings. The number of amides is 1. The molecule has 0 saturated carbocycles. The third-order valence-corrected chi connectivity index (χ3v) is 4.98. The van der Waals surface area contributed by atoms with Crippen LogP contribution in [0.4, 0.5) is 0 Å². The summed E-state index contributed by atoms with van der Waals surface area (Å²) in [6.07, 6.45) is 9.93. The van der Waals surface area contributed by atoms with Gasteiger partial charge in [-0.15, -0.1) is 0 Å². The van der Waals surface area contributed by atoms with Gasteiger partial charge in [-0.25, -0.2) is 0 Å². The molecule has 2 aliphatic rings. The zero-order chi connectivity index (χ0) is 15.9. The number of hydrogen-bond donors (Lipinski definition) is 1. The second-order valence-corrected chi connectivity index (χ2v) is 6.82. The van der Waals surface area contributed by atoms with Gasteiger partial charge in [-0.05, 0) is 57.1 Å². The average molecular weight is 312 g/mol. The lowest BCUT2D eigenvalue weighted by molar-refractivity contribution is -0.118. The van der Waals surface area contributed by atoms with Crippen molar-refractivity contribution in [2.24, 2.45) is 0 Å². The zero-order valence-electron chi connectivity index (χ0n) is 14.0. The molecule has 1 fully saturated rings. The Morgan fingerprint density at radius 3 is 2.83 bits per heavy atom. The molecule has 1 aliphatic heterocycles. The maximum absolute atomic E-state index is 12.4. The molecule has 3 rings (SSSR count). The molecule has 1 heterocycles. The van der Waals surface area contributed by atoms with E-state index >= 15 is 0 Å². The highest BCUT2D eigenvalue weighted by Gasteiger charge is 2.22. The number of hydrogen-bond acceptors (Lipinski definition) is 2. The SMILES string of the molecule is O=C(NC1CCCN(CCc2ccccc2)C1)C1=CCCCC1. The van der Waals surface area contributed by atoms with E-state index in [1.807, 2.05) is 0 Å². The van der Waals surface area contributed by atoms with Gasteiger partial charge in [0.05, 0.1) is 0 Å². The lowest BCUT2D eigenvalue weighted by Gasteiger charge is -2.33. The number of likely N-dealkylation sites (tertiary alicyclic amines) is 1. The fraction of sp³-hybridized carbons (Fsp3) is 0.550. The fourth-order valence-electron chi connectivity index (χ4n) is 3.63. The Labute approximate surface area is 139 Å². The number of nitrogens with one attached hydrogen (secondary N) is 1. The molecule has 1 amide bonds. The Morgan fingerprint density at radius 1 is 1.17 bits per heavy atom. The van der Waals surface area contributed by atoms with E-state index in [0.717, 1.165) is 57.3 Å². The molecule has 1 unspecified atom stereocenters. The van der Waals surface area contributed by atoms with E-state index in [1.54, 1.807) is 0 Å². The molecule has 1 atom stereocenters. The topological polar surface area (TPSA) is 32.3 Å². The van der Waals surface area contributed by atoms with Crippen molar-refractivity contribution in [2.75, 3.05) is 19.6 Å². The molecular weight excluding hydrogens is 284 g/mol. The van der Waals surface area contributed by atoms with Crippen molar-refractivity contribution >= 4 is 5.91 Å². The van der Waals surface area contributed by atoms with Crippen LogP contribution >= 0.6 is 0 Å². The van der Waals surface area contributed by atoms with Crippen LogP contribution in [0.25, 0.3) is 0 Å². The number of rotatable bonds is 5. The van der Waals surface area contributed by atoms with Crippen LogP contribution in [-0.2, 0) is 11.2 Å². The van der Waals surface area contributed by atoms with Gasteiger partial charge in [0.2, 0.25) is 5.91 Å². The van der Waals surface area contributed by atoms with Crippen LogP contribution in [0.2, 0.25) is 0 Å². The second-order valence-electron chi connectivity index (χ2n) is 6.82. The van der Waals surface area contributed by atoms with Crippen molar-refractivity contribution < 1.29 is 4.79 Å². The van der Waals surface area contributed by atoms with Crippen LogP contribution < -0.4 is 5.32 Å². The first-order chi connectivity index (χ1) is 11.3. The second kappa shape index (κ2) is 8.30. The van der Waals surface area contributed by atoms with Gasteiger partial charge < -0.3 is 10.2 Å². The third kappa shape index (κ3) is 4.93. The molecule has 0 spiro atoms. The summed E-state index contributed by atoms with van der Waals surface area (Å²) in [5.41, 5.74) is 2.41. The smallest absolute Gasteiger partial charge is 0.247 e. The van der Waals surface area contributed by atoms with E-state index in [0.29, 0.717) is 6.04 Å². The Bertz CT molecular complexity index is 538. The Hall–Kier alpha value is -1.61. The highest BCUT2D eigenvalue weighted by molar-refractivity contribution is 5.93. The van der Waals surface area contributed by atoms with Crippen LogP contribution in [-0.4, -0.2) is 36.5 Å². The van der Waals surface area contributed by atoms with Gasteiger partial charge in [0.25, 0.3) is 0 Å². The lowest BCUT2D eigenvalue weighted by atomic mass is 9.98. The largest absolute Gasteiger partial charge is 0.348 e. The molecule has 23 heavy (non-hydrogen) atoms. The first-order valence-corrected chi connectivity index (χ1v) is 9.07. The van der Waals surface area contributed by atoms with E-state index in [-0.39, 0.29) is 5.91 Å². The summed E-state index contributed by atoms with van der Waals surface area (Å²) < 4.78 is 0. The van der Waals surface area contributed by atoms with Crippen molar-refractivity contribution in [3.05, 3.63) is 47.5 Å². The maximum atomic E-state index is 12.4. The van der Waals surface area contributed by atoms with E-state index in [1.165, 1.54) is 18.4 Å². The van der Waals surface area contributed by atoms with Crippen molar-refractivity contribution in [3.63, 3.8) is 0 Å². The molecule has 1 saturated heterocycles. The number of benzene rings is 1. The first-order valence-electron chi connectivity index (χ1n) is 9.07. The van der Waals surface area contributed by atoms with Gasteiger partial charge in [0.15, 0.2) is 0 Å². The summed E-state index contributed by atoms with van der Waals surface area (Å²) in [4.78, 5) is 14.9. The first kappa shape index (κ1) is 16.3. The molecule has 1 N–H and O–H groups in total.